The standard InChI is InChI=1S/C20H20ClN3O3/c1-26-18-16(21)3-2-4-17(18)23-19(25)24-20(9-11-27-12-10-20)15-7-5-14(13-22)6-8-15/h2-8H,9-12H2,1H3,(H2,23,24,25). The summed E-state index contributed by atoms with van der Waals surface area (Å²) in [4.78, 5) is 12.7. The molecule has 140 valence electrons. The summed E-state index contributed by atoms with van der Waals surface area (Å²) in [7, 11) is 1.50. The Morgan fingerprint density at radius 1 is 1.22 bits per heavy atom. The minimum Gasteiger partial charge on any atom is -0.493 e. The SMILES string of the molecule is COc1c(Cl)cccc1NC(=O)NC1(c2ccc(C#N)cc2)CCOCC1. The highest BCUT2D eigenvalue weighted by Gasteiger charge is 2.36. The van der Waals surface area contributed by atoms with E-state index in [1.165, 1.54) is 7.11 Å². The van der Waals surface area contributed by atoms with Crippen molar-refractivity contribution >= 4 is 23.3 Å². The molecule has 2 N–H and O–H groups in total. The average Bonchev–Trinajstić information content (AvgIpc) is 2.69. The van der Waals surface area contributed by atoms with E-state index in [2.05, 4.69) is 16.7 Å². The van der Waals surface area contributed by atoms with Crippen molar-refractivity contribution in [1.82, 2.24) is 5.32 Å². The third-order valence-corrected chi connectivity index (χ3v) is 4.98. The lowest BCUT2D eigenvalue weighted by atomic mass is 9.82. The monoisotopic (exact) mass is 385 g/mol. The van der Waals surface area contributed by atoms with Gasteiger partial charge in [0.1, 0.15) is 0 Å². The highest BCUT2D eigenvalue weighted by atomic mass is 35.5. The van der Waals surface area contributed by atoms with E-state index in [-0.39, 0.29) is 6.03 Å². The van der Waals surface area contributed by atoms with Crippen LogP contribution < -0.4 is 15.4 Å². The molecule has 27 heavy (non-hydrogen) atoms. The highest BCUT2D eigenvalue weighted by molar-refractivity contribution is 6.32. The zero-order chi connectivity index (χ0) is 19.3. The number of hydrogen-bond acceptors (Lipinski definition) is 4. The van der Waals surface area contributed by atoms with E-state index in [1.807, 2.05) is 12.1 Å². The fourth-order valence-electron chi connectivity index (χ4n) is 3.26. The number of ether oxygens (including phenoxy) is 2. The van der Waals surface area contributed by atoms with Gasteiger partial charge in [-0.3, -0.25) is 0 Å². The number of halogens is 1. The summed E-state index contributed by atoms with van der Waals surface area (Å²) < 4.78 is 10.8. The van der Waals surface area contributed by atoms with E-state index in [0.717, 1.165) is 5.56 Å². The number of nitrogens with one attached hydrogen (secondary N) is 2. The zero-order valence-corrected chi connectivity index (χ0v) is 15.7. The van der Waals surface area contributed by atoms with Crippen LogP contribution in [0.25, 0.3) is 0 Å². The van der Waals surface area contributed by atoms with E-state index in [4.69, 9.17) is 26.3 Å². The summed E-state index contributed by atoms with van der Waals surface area (Å²) in [6.07, 6.45) is 1.28. The molecule has 6 nitrogen and oxygen atoms in total. The lowest BCUT2D eigenvalue weighted by molar-refractivity contribution is 0.0418. The lowest BCUT2D eigenvalue weighted by Gasteiger charge is -2.38. The number of hydrogen-bond donors (Lipinski definition) is 2. The average molecular weight is 386 g/mol. The molecule has 1 saturated heterocycles. The van der Waals surface area contributed by atoms with E-state index in [0.29, 0.717) is 48.1 Å². The number of carbonyl (C=O) groups excluding carboxylic acids is 1. The maximum Gasteiger partial charge on any atom is 0.320 e. The maximum absolute atomic E-state index is 12.7. The number of nitriles is 1. The predicted octanol–water partition coefficient (Wildman–Crippen LogP) is 4.05. The molecule has 2 aromatic rings. The molecule has 0 radical (unpaired) electrons. The maximum atomic E-state index is 12.7. The predicted molar refractivity (Wildman–Crippen MR) is 103 cm³/mol. The van der Waals surface area contributed by atoms with Crippen molar-refractivity contribution in [3.05, 3.63) is 58.6 Å². The third kappa shape index (κ3) is 4.16. The van der Waals surface area contributed by atoms with Gasteiger partial charge in [-0.1, -0.05) is 29.8 Å². The Labute approximate surface area is 163 Å². The molecule has 0 spiro atoms. The second-order valence-corrected chi connectivity index (χ2v) is 6.69. The van der Waals surface area contributed by atoms with E-state index in [9.17, 15) is 4.79 Å². The van der Waals surface area contributed by atoms with Gasteiger partial charge in [-0.2, -0.15) is 5.26 Å². The van der Waals surface area contributed by atoms with Gasteiger partial charge in [0.15, 0.2) is 5.75 Å². The number of carbonyl (C=O) groups is 1. The third-order valence-electron chi connectivity index (χ3n) is 4.69. The summed E-state index contributed by atoms with van der Waals surface area (Å²) in [6.45, 7) is 1.08. The summed E-state index contributed by atoms with van der Waals surface area (Å²) in [5, 5.41) is 15.3. The number of para-hydroxylation sites is 1. The van der Waals surface area contributed by atoms with Gasteiger partial charge >= 0.3 is 6.03 Å². The number of benzene rings is 2. The van der Waals surface area contributed by atoms with Crippen molar-refractivity contribution in [1.29, 1.82) is 5.26 Å². The van der Waals surface area contributed by atoms with E-state index >= 15 is 0 Å². The Morgan fingerprint density at radius 2 is 1.93 bits per heavy atom. The zero-order valence-electron chi connectivity index (χ0n) is 14.9. The molecule has 1 fully saturated rings. The topological polar surface area (TPSA) is 83.4 Å². The molecule has 1 heterocycles. The Balaban J connectivity index is 1.83. The number of anilines is 1. The molecular formula is C20H20ClN3O3. The van der Waals surface area contributed by atoms with Crippen molar-refractivity contribution in [2.24, 2.45) is 0 Å². The fourth-order valence-corrected chi connectivity index (χ4v) is 3.51. The van der Waals surface area contributed by atoms with Crippen molar-refractivity contribution in [2.45, 2.75) is 18.4 Å². The first-order chi connectivity index (χ1) is 13.1. The molecule has 2 aromatic carbocycles. The van der Waals surface area contributed by atoms with Crippen LogP contribution >= 0.6 is 11.6 Å². The van der Waals surface area contributed by atoms with Crippen LogP contribution in [0.1, 0.15) is 24.0 Å². The molecule has 0 unspecified atom stereocenters. The van der Waals surface area contributed by atoms with Gasteiger partial charge in [-0.15, -0.1) is 0 Å². The molecule has 0 saturated carbocycles. The van der Waals surface area contributed by atoms with Gasteiger partial charge in [-0.25, -0.2) is 4.79 Å². The first-order valence-corrected chi connectivity index (χ1v) is 8.96. The van der Waals surface area contributed by atoms with Crippen molar-refractivity contribution in [2.75, 3.05) is 25.6 Å². The first kappa shape index (κ1) is 19.0. The van der Waals surface area contributed by atoms with Crippen LogP contribution in [0.5, 0.6) is 5.75 Å². The van der Waals surface area contributed by atoms with Gasteiger partial charge in [0, 0.05) is 13.2 Å². The number of methoxy groups -OCH3 is 1. The molecule has 0 aliphatic carbocycles. The molecule has 1 aliphatic rings. The largest absolute Gasteiger partial charge is 0.493 e. The van der Waals surface area contributed by atoms with Crippen LogP contribution in [0.4, 0.5) is 10.5 Å². The summed E-state index contributed by atoms with van der Waals surface area (Å²) in [5.74, 6) is 0.411. The molecule has 0 atom stereocenters. The number of nitrogens with zero attached hydrogens (tertiary/aromatic N) is 1. The number of amides is 2. The van der Waals surface area contributed by atoms with Crippen LogP contribution in [0.15, 0.2) is 42.5 Å². The molecule has 0 bridgehead atoms. The van der Waals surface area contributed by atoms with Crippen molar-refractivity contribution < 1.29 is 14.3 Å². The summed E-state index contributed by atoms with van der Waals surface area (Å²) in [5.41, 5.74) is 1.44. The van der Waals surface area contributed by atoms with Gasteiger partial charge in [0.25, 0.3) is 0 Å². The highest BCUT2D eigenvalue weighted by Crippen LogP contribution is 2.34. The molecule has 7 heteroatoms. The van der Waals surface area contributed by atoms with Gasteiger partial charge in [-0.05, 0) is 42.7 Å². The Bertz CT molecular complexity index is 856. The van der Waals surface area contributed by atoms with Crippen LogP contribution in [-0.4, -0.2) is 26.4 Å². The van der Waals surface area contributed by atoms with Gasteiger partial charge in [0.2, 0.25) is 0 Å². The van der Waals surface area contributed by atoms with Crippen LogP contribution in [-0.2, 0) is 10.3 Å². The van der Waals surface area contributed by atoms with Crippen LogP contribution in [0, 0.1) is 11.3 Å². The van der Waals surface area contributed by atoms with Crippen LogP contribution in [0.2, 0.25) is 5.02 Å². The lowest BCUT2D eigenvalue weighted by Crippen LogP contribution is -2.50. The van der Waals surface area contributed by atoms with Crippen molar-refractivity contribution in [3.8, 4) is 11.8 Å². The van der Waals surface area contributed by atoms with E-state index in [1.54, 1.807) is 30.3 Å². The van der Waals surface area contributed by atoms with Crippen LogP contribution in [0.3, 0.4) is 0 Å². The Morgan fingerprint density at radius 3 is 2.56 bits per heavy atom. The van der Waals surface area contributed by atoms with E-state index < -0.39 is 5.54 Å². The molecular weight excluding hydrogens is 366 g/mol. The quantitative estimate of drug-likeness (QED) is 0.831. The molecule has 0 aromatic heterocycles. The first-order valence-electron chi connectivity index (χ1n) is 8.58. The molecule has 1 aliphatic heterocycles. The minimum atomic E-state index is -0.567. The summed E-state index contributed by atoms with van der Waals surface area (Å²) in [6, 6.07) is 14.2. The minimum absolute atomic E-state index is 0.359. The second-order valence-electron chi connectivity index (χ2n) is 6.28. The smallest absolute Gasteiger partial charge is 0.320 e. The fraction of sp³-hybridized carbons (Fsp3) is 0.300. The number of rotatable bonds is 4. The Hall–Kier alpha value is -2.75. The second kappa shape index (κ2) is 8.30. The Kier molecular flexibility index (Phi) is 5.84. The summed E-state index contributed by atoms with van der Waals surface area (Å²) >= 11 is 6.12. The normalized spacial score (nSPS) is 15.4. The molecule has 2 amide bonds. The van der Waals surface area contributed by atoms with Gasteiger partial charge < -0.3 is 20.1 Å². The number of urea groups is 1. The van der Waals surface area contributed by atoms with Gasteiger partial charge in [0.05, 0.1) is 35.0 Å². The molecule has 3 rings (SSSR count). The van der Waals surface area contributed by atoms with Crippen molar-refractivity contribution in [3.63, 3.8) is 0 Å².